The van der Waals surface area contributed by atoms with Crippen molar-refractivity contribution in [3.8, 4) is 5.75 Å². The van der Waals surface area contributed by atoms with Crippen LogP contribution in [-0.4, -0.2) is 37.2 Å². The summed E-state index contributed by atoms with van der Waals surface area (Å²) in [7, 11) is 1.50. The van der Waals surface area contributed by atoms with E-state index in [2.05, 4.69) is 17.1 Å². The van der Waals surface area contributed by atoms with Crippen LogP contribution in [0.3, 0.4) is 0 Å². The highest BCUT2D eigenvalue weighted by Gasteiger charge is 2.34. The predicted molar refractivity (Wildman–Crippen MR) is 82.1 cm³/mol. The Kier molecular flexibility index (Phi) is 4.45. The van der Waals surface area contributed by atoms with Crippen LogP contribution in [0.5, 0.6) is 5.75 Å². The lowest BCUT2D eigenvalue weighted by molar-refractivity contribution is 0.182. The van der Waals surface area contributed by atoms with Crippen LogP contribution < -0.4 is 10.1 Å². The minimum absolute atomic E-state index is 0.250. The Morgan fingerprint density at radius 2 is 2.19 bits per heavy atom. The van der Waals surface area contributed by atoms with Gasteiger partial charge in [-0.1, -0.05) is 6.07 Å². The second-order valence-corrected chi connectivity index (χ2v) is 6.29. The van der Waals surface area contributed by atoms with E-state index >= 15 is 0 Å². The summed E-state index contributed by atoms with van der Waals surface area (Å²) >= 11 is 0. The van der Waals surface area contributed by atoms with Gasteiger partial charge in [-0.05, 0) is 56.8 Å². The summed E-state index contributed by atoms with van der Waals surface area (Å²) in [6.45, 7) is 4.39. The molecule has 4 heteroatoms. The second kappa shape index (κ2) is 6.32. The van der Waals surface area contributed by atoms with Gasteiger partial charge in [-0.3, -0.25) is 4.90 Å². The minimum atomic E-state index is -0.267. The molecule has 3 rings (SSSR count). The summed E-state index contributed by atoms with van der Waals surface area (Å²) in [5, 5.41) is 3.57. The number of halogens is 1. The van der Waals surface area contributed by atoms with E-state index in [-0.39, 0.29) is 11.9 Å². The van der Waals surface area contributed by atoms with E-state index in [1.54, 1.807) is 12.1 Å². The lowest BCUT2D eigenvalue weighted by Crippen LogP contribution is -2.40. The molecular formula is C17H25FN2O. The minimum Gasteiger partial charge on any atom is -0.494 e. The van der Waals surface area contributed by atoms with Crippen LogP contribution in [0.1, 0.15) is 44.2 Å². The van der Waals surface area contributed by atoms with Crippen molar-refractivity contribution in [1.29, 1.82) is 0 Å². The van der Waals surface area contributed by atoms with Gasteiger partial charge >= 0.3 is 0 Å². The van der Waals surface area contributed by atoms with Gasteiger partial charge in [-0.15, -0.1) is 0 Å². The first-order valence-electron chi connectivity index (χ1n) is 8.01. The van der Waals surface area contributed by atoms with E-state index in [1.807, 2.05) is 6.07 Å². The van der Waals surface area contributed by atoms with Gasteiger partial charge in [0.1, 0.15) is 0 Å². The Morgan fingerprint density at radius 3 is 2.76 bits per heavy atom. The molecule has 21 heavy (non-hydrogen) atoms. The summed E-state index contributed by atoms with van der Waals surface area (Å²) in [4.78, 5) is 2.55. The number of ether oxygens (including phenoxy) is 1. The van der Waals surface area contributed by atoms with Crippen LogP contribution in [0.2, 0.25) is 0 Å². The number of hydrogen-bond acceptors (Lipinski definition) is 3. The molecule has 1 aromatic rings. The van der Waals surface area contributed by atoms with E-state index in [1.165, 1.54) is 32.8 Å². The first-order chi connectivity index (χ1) is 10.2. The van der Waals surface area contributed by atoms with Gasteiger partial charge < -0.3 is 10.1 Å². The molecule has 2 aliphatic rings. The molecule has 1 aliphatic heterocycles. The number of nitrogens with one attached hydrogen (secondary N) is 1. The van der Waals surface area contributed by atoms with Crippen molar-refractivity contribution in [1.82, 2.24) is 10.2 Å². The predicted octanol–water partition coefficient (Wildman–Crippen LogP) is 3.11. The van der Waals surface area contributed by atoms with Crippen LogP contribution in [0.15, 0.2) is 18.2 Å². The highest BCUT2D eigenvalue weighted by atomic mass is 19.1. The van der Waals surface area contributed by atoms with E-state index < -0.39 is 0 Å². The van der Waals surface area contributed by atoms with Gasteiger partial charge in [0, 0.05) is 24.7 Å². The summed E-state index contributed by atoms with van der Waals surface area (Å²) < 4.78 is 18.9. The molecule has 0 aromatic heterocycles. The molecule has 3 nitrogen and oxygen atoms in total. The van der Waals surface area contributed by atoms with E-state index in [9.17, 15) is 4.39 Å². The number of benzene rings is 1. The molecule has 2 unspecified atom stereocenters. The highest BCUT2D eigenvalue weighted by Crippen LogP contribution is 2.35. The van der Waals surface area contributed by atoms with Gasteiger partial charge in [0.2, 0.25) is 0 Å². The first-order valence-corrected chi connectivity index (χ1v) is 8.01. The zero-order valence-corrected chi connectivity index (χ0v) is 12.9. The molecule has 2 fully saturated rings. The summed E-state index contributed by atoms with van der Waals surface area (Å²) in [6.07, 6.45) is 5.08. The average molecular weight is 292 g/mol. The maximum absolute atomic E-state index is 13.9. The van der Waals surface area contributed by atoms with Crippen LogP contribution >= 0.6 is 0 Å². The average Bonchev–Trinajstić information content (AvgIpc) is 3.20. The van der Waals surface area contributed by atoms with E-state index in [0.717, 1.165) is 18.7 Å². The molecule has 1 aromatic carbocycles. The molecule has 1 N–H and O–H groups in total. The SMILES string of the molecule is COc1ccc(C(C)N(CC2CCCN2)C2CC2)cc1F. The number of nitrogens with zero attached hydrogens (tertiary/aromatic N) is 1. The smallest absolute Gasteiger partial charge is 0.165 e. The van der Waals surface area contributed by atoms with Crippen molar-refractivity contribution >= 4 is 0 Å². The number of methoxy groups -OCH3 is 1. The fourth-order valence-corrected chi connectivity index (χ4v) is 3.33. The molecule has 1 aliphatic carbocycles. The molecule has 2 atom stereocenters. The van der Waals surface area contributed by atoms with Crippen molar-refractivity contribution in [3.63, 3.8) is 0 Å². The zero-order valence-electron chi connectivity index (χ0n) is 12.9. The Hall–Kier alpha value is -1.13. The lowest BCUT2D eigenvalue weighted by Gasteiger charge is -2.32. The summed E-state index contributed by atoms with van der Waals surface area (Å²) in [6, 6.07) is 6.87. The molecule has 1 saturated heterocycles. The van der Waals surface area contributed by atoms with Crippen LogP contribution in [0.25, 0.3) is 0 Å². The van der Waals surface area contributed by atoms with E-state index in [0.29, 0.717) is 17.8 Å². The van der Waals surface area contributed by atoms with Gasteiger partial charge in [-0.2, -0.15) is 0 Å². The molecule has 0 bridgehead atoms. The zero-order chi connectivity index (χ0) is 14.8. The Morgan fingerprint density at radius 1 is 1.38 bits per heavy atom. The third kappa shape index (κ3) is 3.38. The molecule has 0 amide bonds. The van der Waals surface area contributed by atoms with Crippen molar-refractivity contribution in [2.45, 2.75) is 50.7 Å². The fourth-order valence-electron chi connectivity index (χ4n) is 3.33. The van der Waals surface area contributed by atoms with Gasteiger partial charge in [0.05, 0.1) is 7.11 Å². The number of rotatable bonds is 6. The van der Waals surface area contributed by atoms with Crippen molar-refractivity contribution < 1.29 is 9.13 Å². The van der Waals surface area contributed by atoms with Gasteiger partial charge in [-0.25, -0.2) is 4.39 Å². The largest absolute Gasteiger partial charge is 0.494 e. The first kappa shape index (κ1) is 14.8. The highest BCUT2D eigenvalue weighted by molar-refractivity contribution is 5.31. The third-order valence-electron chi connectivity index (χ3n) is 4.77. The maximum atomic E-state index is 13.9. The Bertz CT molecular complexity index is 484. The van der Waals surface area contributed by atoms with Gasteiger partial charge in [0.25, 0.3) is 0 Å². The molecular weight excluding hydrogens is 267 g/mol. The third-order valence-corrected chi connectivity index (χ3v) is 4.77. The quantitative estimate of drug-likeness (QED) is 0.872. The maximum Gasteiger partial charge on any atom is 0.165 e. The molecule has 1 heterocycles. The fraction of sp³-hybridized carbons (Fsp3) is 0.647. The topological polar surface area (TPSA) is 24.5 Å². The van der Waals surface area contributed by atoms with Crippen molar-refractivity contribution in [3.05, 3.63) is 29.6 Å². The molecule has 1 saturated carbocycles. The molecule has 0 radical (unpaired) electrons. The normalized spacial score (nSPS) is 23.5. The Balaban J connectivity index is 1.73. The monoisotopic (exact) mass is 292 g/mol. The van der Waals surface area contributed by atoms with Crippen LogP contribution in [0, 0.1) is 5.82 Å². The second-order valence-electron chi connectivity index (χ2n) is 6.29. The van der Waals surface area contributed by atoms with Gasteiger partial charge in [0.15, 0.2) is 11.6 Å². The van der Waals surface area contributed by atoms with E-state index in [4.69, 9.17) is 4.74 Å². The summed E-state index contributed by atoms with van der Waals surface area (Å²) in [5.74, 6) is 0.0537. The van der Waals surface area contributed by atoms with Crippen LogP contribution in [0.4, 0.5) is 4.39 Å². The Labute approximate surface area is 126 Å². The standard InChI is InChI=1S/C17H25FN2O/c1-12(13-5-8-17(21-2)16(18)10-13)20(15-6-7-15)11-14-4-3-9-19-14/h5,8,10,12,14-15,19H,3-4,6-7,9,11H2,1-2H3. The molecule has 116 valence electrons. The van der Waals surface area contributed by atoms with Crippen molar-refractivity contribution in [2.75, 3.05) is 20.2 Å². The summed E-state index contributed by atoms with van der Waals surface area (Å²) in [5.41, 5.74) is 1.04. The lowest BCUT2D eigenvalue weighted by atomic mass is 10.0. The van der Waals surface area contributed by atoms with Crippen molar-refractivity contribution in [2.24, 2.45) is 0 Å². The molecule has 0 spiro atoms. The number of hydrogen-bond donors (Lipinski definition) is 1. The van der Waals surface area contributed by atoms with Crippen LogP contribution in [-0.2, 0) is 0 Å².